The smallest absolute Gasteiger partial charge is 0.340 e. The Labute approximate surface area is 188 Å². The number of amides is 1. The number of rotatable bonds is 8. The minimum absolute atomic E-state index is 0.0801. The molecule has 3 aromatic rings. The van der Waals surface area contributed by atoms with Crippen molar-refractivity contribution in [3.05, 3.63) is 77.1 Å². The average molecular weight is 456 g/mol. The lowest BCUT2D eigenvalue weighted by atomic mass is 10.1. The monoisotopic (exact) mass is 456 g/mol. The molecular weight excluding hydrogens is 434 g/mol. The predicted molar refractivity (Wildman–Crippen MR) is 117 cm³/mol. The van der Waals surface area contributed by atoms with E-state index >= 15 is 0 Å². The summed E-state index contributed by atoms with van der Waals surface area (Å²) in [5.41, 5.74) is 0.794. The highest BCUT2D eigenvalue weighted by Crippen LogP contribution is 2.22. The Bertz CT molecular complexity index is 1150. The van der Waals surface area contributed by atoms with Gasteiger partial charge in [0.15, 0.2) is 17.3 Å². The zero-order chi connectivity index (χ0) is 24.0. The number of esters is 1. The van der Waals surface area contributed by atoms with Crippen LogP contribution >= 0.6 is 0 Å². The third-order valence-electron chi connectivity index (χ3n) is 4.39. The van der Waals surface area contributed by atoms with E-state index in [2.05, 4.69) is 25.6 Å². The molecule has 1 amide bonds. The topological polar surface area (TPSA) is 102 Å². The van der Waals surface area contributed by atoms with Gasteiger partial charge >= 0.3 is 5.97 Å². The van der Waals surface area contributed by atoms with Gasteiger partial charge in [-0.15, -0.1) is 5.10 Å². The summed E-state index contributed by atoms with van der Waals surface area (Å²) in [7, 11) is 1.08. The van der Waals surface area contributed by atoms with Gasteiger partial charge in [0.25, 0.3) is 5.91 Å². The lowest BCUT2D eigenvalue weighted by Crippen LogP contribution is -2.18. The van der Waals surface area contributed by atoms with Crippen LogP contribution in [0.2, 0.25) is 0 Å². The molecule has 33 heavy (non-hydrogen) atoms. The predicted octanol–water partition coefficient (Wildman–Crippen LogP) is 4.19. The van der Waals surface area contributed by atoms with E-state index in [0.717, 1.165) is 18.4 Å². The van der Waals surface area contributed by atoms with Crippen LogP contribution in [-0.4, -0.2) is 35.3 Å². The van der Waals surface area contributed by atoms with Crippen LogP contribution in [-0.2, 0) is 11.3 Å². The molecule has 3 rings (SSSR count). The molecule has 10 heteroatoms. The summed E-state index contributed by atoms with van der Waals surface area (Å²) in [5, 5.41) is 13.0. The number of aromatic nitrogens is 2. The zero-order valence-corrected chi connectivity index (χ0v) is 18.2. The first-order chi connectivity index (χ1) is 15.8. The number of carbonyl (C=O) groups is 2. The van der Waals surface area contributed by atoms with Crippen molar-refractivity contribution in [2.24, 2.45) is 0 Å². The van der Waals surface area contributed by atoms with Crippen molar-refractivity contribution in [2.75, 3.05) is 17.7 Å². The maximum absolute atomic E-state index is 13.7. The number of benzene rings is 2. The highest BCUT2D eigenvalue weighted by atomic mass is 19.2. The first-order valence-electron chi connectivity index (χ1n) is 9.97. The van der Waals surface area contributed by atoms with Crippen LogP contribution in [0.1, 0.15) is 40.3 Å². The van der Waals surface area contributed by atoms with Gasteiger partial charge in [0.2, 0.25) is 0 Å². The van der Waals surface area contributed by atoms with Gasteiger partial charge in [-0.1, -0.05) is 12.1 Å². The van der Waals surface area contributed by atoms with Crippen LogP contribution in [0, 0.1) is 11.6 Å². The lowest BCUT2D eigenvalue weighted by Gasteiger charge is -2.12. The Morgan fingerprint density at radius 3 is 2.42 bits per heavy atom. The largest absolute Gasteiger partial charge is 0.491 e. The maximum atomic E-state index is 13.7. The van der Waals surface area contributed by atoms with Gasteiger partial charge in [0.05, 0.1) is 36.3 Å². The molecule has 0 aliphatic heterocycles. The van der Waals surface area contributed by atoms with E-state index in [4.69, 9.17) is 4.74 Å². The molecule has 8 nitrogen and oxygen atoms in total. The fourth-order valence-electron chi connectivity index (χ4n) is 2.85. The molecule has 1 aromatic heterocycles. The Morgan fingerprint density at radius 1 is 1.06 bits per heavy atom. The molecule has 0 saturated heterocycles. The molecule has 1 heterocycles. The van der Waals surface area contributed by atoms with Crippen molar-refractivity contribution in [3.63, 3.8) is 0 Å². The summed E-state index contributed by atoms with van der Waals surface area (Å²) in [6.07, 6.45) is 1.52. The summed E-state index contributed by atoms with van der Waals surface area (Å²) in [5.74, 6) is -3.41. The Balaban J connectivity index is 1.70. The number of carbonyl (C=O) groups excluding carboxylic acids is 2. The number of methoxy groups -OCH3 is 1. The van der Waals surface area contributed by atoms with Gasteiger partial charge in [0, 0.05) is 12.6 Å². The van der Waals surface area contributed by atoms with Gasteiger partial charge in [-0.3, -0.25) is 4.79 Å². The van der Waals surface area contributed by atoms with Crippen LogP contribution in [0.5, 0.6) is 5.75 Å². The Morgan fingerprint density at radius 2 is 1.76 bits per heavy atom. The van der Waals surface area contributed by atoms with Gasteiger partial charge in [-0.25, -0.2) is 13.6 Å². The van der Waals surface area contributed by atoms with Crippen molar-refractivity contribution in [2.45, 2.75) is 26.5 Å². The van der Waals surface area contributed by atoms with E-state index in [-0.39, 0.29) is 23.0 Å². The molecule has 0 spiro atoms. The molecule has 172 valence electrons. The second-order valence-electron chi connectivity index (χ2n) is 7.25. The van der Waals surface area contributed by atoms with Crippen molar-refractivity contribution >= 4 is 23.3 Å². The molecule has 0 fully saturated rings. The van der Waals surface area contributed by atoms with Crippen LogP contribution in [0.25, 0.3) is 0 Å². The molecule has 0 aliphatic rings. The number of ether oxygens (including phenoxy) is 2. The minimum atomic E-state index is -1.25. The Kier molecular flexibility index (Phi) is 7.50. The molecule has 0 bridgehead atoms. The number of halogens is 2. The van der Waals surface area contributed by atoms with Crippen LogP contribution in [0.4, 0.5) is 20.2 Å². The van der Waals surface area contributed by atoms with E-state index in [9.17, 15) is 18.4 Å². The number of hydrogen-bond donors (Lipinski definition) is 2. The molecule has 0 unspecified atom stereocenters. The van der Waals surface area contributed by atoms with Gasteiger partial charge in [0.1, 0.15) is 5.75 Å². The third-order valence-corrected chi connectivity index (χ3v) is 4.39. The molecule has 2 aromatic carbocycles. The molecule has 0 atom stereocenters. The van der Waals surface area contributed by atoms with E-state index in [1.165, 1.54) is 12.3 Å². The first-order valence-corrected chi connectivity index (χ1v) is 9.97. The zero-order valence-electron chi connectivity index (χ0n) is 18.2. The normalized spacial score (nSPS) is 10.6. The quantitative estimate of drug-likeness (QED) is 0.490. The third kappa shape index (κ3) is 6.22. The molecular formula is C23H22F2N4O4. The van der Waals surface area contributed by atoms with Crippen LogP contribution in [0.15, 0.2) is 48.7 Å². The summed E-state index contributed by atoms with van der Waals surface area (Å²) in [6, 6.07) is 10.3. The molecule has 0 saturated carbocycles. The summed E-state index contributed by atoms with van der Waals surface area (Å²) < 4.78 is 37.4. The fourth-order valence-corrected chi connectivity index (χ4v) is 2.85. The second-order valence-corrected chi connectivity index (χ2v) is 7.25. The fraction of sp³-hybridized carbons (Fsp3) is 0.217. The van der Waals surface area contributed by atoms with E-state index < -0.39 is 23.5 Å². The lowest BCUT2D eigenvalue weighted by molar-refractivity contribution is 0.0601. The van der Waals surface area contributed by atoms with Crippen molar-refractivity contribution < 1.29 is 27.8 Å². The highest BCUT2D eigenvalue weighted by molar-refractivity contribution is 6.07. The Hall–Kier alpha value is -4.08. The number of hydrogen-bond acceptors (Lipinski definition) is 7. The summed E-state index contributed by atoms with van der Waals surface area (Å²) in [6.45, 7) is 4.34. The van der Waals surface area contributed by atoms with Gasteiger partial charge in [-0.05, 0) is 43.7 Å². The summed E-state index contributed by atoms with van der Waals surface area (Å²) >= 11 is 0. The first kappa shape index (κ1) is 23.6. The minimum Gasteiger partial charge on any atom is -0.491 e. The summed E-state index contributed by atoms with van der Waals surface area (Å²) in [4.78, 5) is 24.5. The van der Waals surface area contributed by atoms with Crippen LogP contribution < -0.4 is 15.4 Å². The SMILES string of the molecule is COC(=O)c1cc(F)c(F)cc1NC(=O)c1cc(NCc2ccc(OC(C)C)cc2)cnn1. The van der Waals surface area contributed by atoms with Gasteiger partial charge < -0.3 is 20.1 Å². The average Bonchev–Trinajstić information content (AvgIpc) is 2.80. The van der Waals surface area contributed by atoms with E-state index in [1.807, 2.05) is 38.1 Å². The molecule has 0 aliphatic carbocycles. The maximum Gasteiger partial charge on any atom is 0.340 e. The number of anilines is 2. The highest BCUT2D eigenvalue weighted by Gasteiger charge is 2.19. The van der Waals surface area contributed by atoms with E-state index in [0.29, 0.717) is 24.4 Å². The van der Waals surface area contributed by atoms with Crippen molar-refractivity contribution in [3.8, 4) is 5.75 Å². The molecule has 0 radical (unpaired) electrons. The van der Waals surface area contributed by atoms with Crippen molar-refractivity contribution in [1.82, 2.24) is 10.2 Å². The van der Waals surface area contributed by atoms with E-state index in [1.54, 1.807) is 0 Å². The van der Waals surface area contributed by atoms with Crippen LogP contribution in [0.3, 0.4) is 0 Å². The van der Waals surface area contributed by atoms with Crippen molar-refractivity contribution in [1.29, 1.82) is 0 Å². The molecule has 2 N–H and O–H groups in total. The standard InChI is InChI=1S/C23H22F2N4O4/c1-13(2)33-16-6-4-14(5-7-16)11-26-15-8-21(29-27-12-15)22(30)28-20-10-19(25)18(24)9-17(20)23(31)32-3/h4-10,12-13H,11H2,1-3H3,(H,26,29)(H,28,30). The second kappa shape index (κ2) is 10.5. The number of nitrogens with zero attached hydrogens (tertiary/aromatic N) is 2. The van der Waals surface area contributed by atoms with Gasteiger partial charge in [-0.2, -0.15) is 5.10 Å². The number of nitrogens with one attached hydrogen (secondary N) is 2.